The summed E-state index contributed by atoms with van der Waals surface area (Å²) in [7, 11) is 4.44. The number of benzene rings is 1. The first-order valence-corrected chi connectivity index (χ1v) is 8.74. The maximum Gasteiger partial charge on any atom is 0.123 e. The molecule has 0 spiro atoms. The number of hydrogen-bond acceptors (Lipinski definition) is 4. The number of nitrogens with one attached hydrogen (secondary N) is 1. The van der Waals surface area contributed by atoms with E-state index in [-0.39, 0.29) is 5.82 Å². The van der Waals surface area contributed by atoms with Gasteiger partial charge in [-0.2, -0.15) is 0 Å². The Morgan fingerprint density at radius 2 is 1.74 bits per heavy atom. The normalized spacial score (nSPS) is 25.0. The molecule has 2 aliphatic heterocycles. The van der Waals surface area contributed by atoms with Gasteiger partial charge in [0.2, 0.25) is 0 Å². The SMILES string of the molecule is CN1CCN(C)[C@H](CNC2CCN(c3ccc(F)cc3)CC2)C1. The quantitative estimate of drug-likeness (QED) is 0.910. The highest BCUT2D eigenvalue weighted by Crippen LogP contribution is 2.20. The number of rotatable bonds is 4. The Balaban J connectivity index is 1.43. The van der Waals surface area contributed by atoms with Crippen LogP contribution in [-0.4, -0.2) is 75.2 Å². The fraction of sp³-hybridized carbons (Fsp3) is 0.667. The Morgan fingerprint density at radius 3 is 2.43 bits per heavy atom. The molecule has 0 unspecified atom stereocenters. The van der Waals surface area contributed by atoms with Crippen LogP contribution in [0.1, 0.15) is 12.8 Å². The van der Waals surface area contributed by atoms with Gasteiger partial charge in [-0.1, -0.05) is 0 Å². The lowest BCUT2D eigenvalue weighted by Gasteiger charge is -2.39. The smallest absolute Gasteiger partial charge is 0.123 e. The second-order valence-corrected chi connectivity index (χ2v) is 7.04. The largest absolute Gasteiger partial charge is 0.371 e. The van der Waals surface area contributed by atoms with Crippen LogP contribution >= 0.6 is 0 Å². The predicted molar refractivity (Wildman–Crippen MR) is 93.6 cm³/mol. The van der Waals surface area contributed by atoms with Gasteiger partial charge in [0, 0.05) is 57.0 Å². The lowest BCUT2D eigenvalue weighted by atomic mass is 10.0. The van der Waals surface area contributed by atoms with E-state index in [4.69, 9.17) is 0 Å². The van der Waals surface area contributed by atoms with E-state index in [0.717, 1.165) is 51.3 Å². The molecular formula is C18H29FN4. The van der Waals surface area contributed by atoms with Gasteiger partial charge in [0.05, 0.1) is 0 Å². The second kappa shape index (κ2) is 7.60. The summed E-state index contributed by atoms with van der Waals surface area (Å²) in [4.78, 5) is 7.25. The first kappa shape index (κ1) is 16.7. The highest BCUT2D eigenvalue weighted by atomic mass is 19.1. The topological polar surface area (TPSA) is 21.8 Å². The van der Waals surface area contributed by atoms with Crippen molar-refractivity contribution in [2.24, 2.45) is 0 Å². The number of piperidine rings is 1. The fourth-order valence-corrected chi connectivity index (χ4v) is 3.62. The molecule has 2 aliphatic rings. The van der Waals surface area contributed by atoms with E-state index in [2.05, 4.69) is 34.1 Å². The summed E-state index contributed by atoms with van der Waals surface area (Å²) in [6, 6.07) is 8.09. The molecule has 2 saturated heterocycles. The molecular weight excluding hydrogens is 291 g/mol. The minimum absolute atomic E-state index is 0.160. The maximum absolute atomic E-state index is 13.0. The van der Waals surface area contributed by atoms with Crippen LogP contribution in [0, 0.1) is 5.82 Å². The molecule has 0 aromatic heterocycles. The first-order chi connectivity index (χ1) is 11.1. The molecule has 5 heteroatoms. The third kappa shape index (κ3) is 4.43. The van der Waals surface area contributed by atoms with Gasteiger partial charge in [-0.05, 0) is 51.2 Å². The van der Waals surface area contributed by atoms with Crippen molar-refractivity contribution in [3.05, 3.63) is 30.1 Å². The number of anilines is 1. The van der Waals surface area contributed by atoms with E-state index in [9.17, 15) is 4.39 Å². The monoisotopic (exact) mass is 320 g/mol. The Kier molecular flexibility index (Phi) is 5.51. The summed E-state index contributed by atoms with van der Waals surface area (Å²) >= 11 is 0. The van der Waals surface area contributed by atoms with E-state index < -0.39 is 0 Å². The van der Waals surface area contributed by atoms with Crippen molar-refractivity contribution in [2.75, 3.05) is 58.3 Å². The molecule has 0 radical (unpaired) electrons. The Hall–Kier alpha value is -1.17. The lowest BCUT2D eigenvalue weighted by molar-refractivity contribution is 0.110. The summed E-state index contributed by atoms with van der Waals surface area (Å²) in [5.74, 6) is -0.160. The van der Waals surface area contributed by atoms with Crippen molar-refractivity contribution >= 4 is 5.69 Å². The molecule has 1 N–H and O–H groups in total. The highest BCUT2D eigenvalue weighted by molar-refractivity contribution is 5.46. The number of nitrogens with zero attached hydrogens (tertiary/aromatic N) is 3. The standard InChI is InChI=1S/C18H29FN4/c1-21-11-12-22(2)18(14-21)13-20-16-7-9-23(10-8-16)17-5-3-15(19)4-6-17/h3-6,16,18,20H,7-14H2,1-2H3/t18-/m1/s1. The van der Waals surface area contributed by atoms with E-state index >= 15 is 0 Å². The van der Waals surface area contributed by atoms with Gasteiger partial charge in [-0.3, -0.25) is 4.90 Å². The van der Waals surface area contributed by atoms with Gasteiger partial charge >= 0.3 is 0 Å². The van der Waals surface area contributed by atoms with E-state index in [1.807, 2.05) is 12.1 Å². The molecule has 0 saturated carbocycles. The fourth-order valence-electron chi connectivity index (χ4n) is 3.62. The molecule has 0 amide bonds. The number of hydrogen-bond donors (Lipinski definition) is 1. The zero-order valence-corrected chi connectivity index (χ0v) is 14.3. The van der Waals surface area contributed by atoms with Gasteiger partial charge in [0.15, 0.2) is 0 Å². The van der Waals surface area contributed by atoms with Crippen molar-refractivity contribution in [1.29, 1.82) is 0 Å². The maximum atomic E-state index is 13.0. The molecule has 0 bridgehead atoms. The van der Waals surface area contributed by atoms with Crippen molar-refractivity contribution < 1.29 is 4.39 Å². The van der Waals surface area contributed by atoms with Crippen LogP contribution in [0.4, 0.5) is 10.1 Å². The summed E-state index contributed by atoms with van der Waals surface area (Å²) < 4.78 is 13.0. The summed E-state index contributed by atoms with van der Waals surface area (Å²) in [6.07, 6.45) is 2.31. The molecule has 0 aliphatic carbocycles. The van der Waals surface area contributed by atoms with E-state index in [1.165, 1.54) is 6.54 Å². The van der Waals surface area contributed by atoms with E-state index in [1.54, 1.807) is 12.1 Å². The first-order valence-electron chi connectivity index (χ1n) is 8.74. The minimum atomic E-state index is -0.160. The van der Waals surface area contributed by atoms with Crippen LogP contribution in [0.2, 0.25) is 0 Å². The second-order valence-electron chi connectivity index (χ2n) is 7.04. The molecule has 1 aromatic carbocycles. The van der Waals surface area contributed by atoms with Crippen LogP contribution in [0.15, 0.2) is 24.3 Å². The lowest BCUT2D eigenvalue weighted by Crippen LogP contribution is -2.55. The Labute approximate surface area is 139 Å². The molecule has 1 atom stereocenters. The average Bonchev–Trinajstić information content (AvgIpc) is 2.57. The molecule has 3 rings (SSSR count). The predicted octanol–water partition coefficient (Wildman–Crippen LogP) is 1.63. The minimum Gasteiger partial charge on any atom is -0.371 e. The molecule has 23 heavy (non-hydrogen) atoms. The number of likely N-dealkylation sites (N-methyl/N-ethyl adjacent to an activating group) is 2. The molecule has 4 nitrogen and oxygen atoms in total. The molecule has 2 fully saturated rings. The van der Waals surface area contributed by atoms with Gasteiger partial charge in [0.25, 0.3) is 0 Å². The Morgan fingerprint density at radius 1 is 1.04 bits per heavy atom. The van der Waals surface area contributed by atoms with Crippen LogP contribution in [0.5, 0.6) is 0 Å². The van der Waals surface area contributed by atoms with Crippen molar-refractivity contribution in [3.63, 3.8) is 0 Å². The van der Waals surface area contributed by atoms with Gasteiger partial charge in [0.1, 0.15) is 5.82 Å². The Bertz CT molecular complexity index is 484. The molecule has 1 aromatic rings. The van der Waals surface area contributed by atoms with Crippen molar-refractivity contribution in [3.8, 4) is 0 Å². The third-order valence-corrected chi connectivity index (χ3v) is 5.31. The van der Waals surface area contributed by atoms with E-state index in [0.29, 0.717) is 12.1 Å². The number of piperazine rings is 1. The zero-order chi connectivity index (χ0) is 16.2. The van der Waals surface area contributed by atoms with Gasteiger partial charge in [-0.25, -0.2) is 4.39 Å². The average molecular weight is 320 g/mol. The summed E-state index contributed by atoms with van der Waals surface area (Å²) in [5.41, 5.74) is 1.14. The zero-order valence-electron chi connectivity index (χ0n) is 14.3. The molecule has 128 valence electrons. The number of halogens is 1. The van der Waals surface area contributed by atoms with Crippen LogP contribution in [0.25, 0.3) is 0 Å². The third-order valence-electron chi connectivity index (χ3n) is 5.31. The van der Waals surface area contributed by atoms with Gasteiger partial charge < -0.3 is 15.1 Å². The van der Waals surface area contributed by atoms with Crippen LogP contribution < -0.4 is 10.2 Å². The molecule has 2 heterocycles. The summed E-state index contributed by atoms with van der Waals surface area (Å²) in [6.45, 7) is 6.64. The van der Waals surface area contributed by atoms with Crippen molar-refractivity contribution in [2.45, 2.75) is 24.9 Å². The van der Waals surface area contributed by atoms with Crippen LogP contribution in [-0.2, 0) is 0 Å². The van der Waals surface area contributed by atoms with Crippen molar-refractivity contribution in [1.82, 2.24) is 15.1 Å². The van der Waals surface area contributed by atoms with Crippen LogP contribution in [0.3, 0.4) is 0 Å². The summed E-state index contributed by atoms with van der Waals surface area (Å²) in [5, 5.41) is 3.77. The highest BCUT2D eigenvalue weighted by Gasteiger charge is 2.24. The van der Waals surface area contributed by atoms with Gasteiger partial charge in [-0.15, -0.1) is 0 Å².